The summed E-state index contributed by atoms with van der Waals surface area (Å²) in [6.45, 7) is 0. The van der Waals surface area contributed by atoms with Gasteiger partial charge in [-0.3, -0.25) is 0 Å². The van der Waals surface area contributed by atoms with Crippen LogP contribution in [0.3, 0.4) is 0 Å². The summed E-state index contributed by atoms with van der Waals surface area (Å²) in [6, 6.07) is 83.7. The number of fused-ring (bicyclic) bond motifs is 15. The molecule has 0 fully saturated rings. The van der Waals surface area contributed by atoms with Gasteiger partial charge < -0.3 is 4.90 Å². The topological polar surface area (TPSA) is 3.24 Å². The van der Waals surface area contributed by atoms with Gasteiger partial charge in [-0.1, -0.05) is 182 Å². The molecule has 0 saturated heterocycles. The first-order valence-electron chi connectivity index (χ1n) is 21.4. The van der Waals surface area contributed by atoms with Crippen LogP contribution in [0.1, 0.15) is 33.4 Å². The highest BCUT2D eigenvalue weighted by Gasteiger charge is 2.51. The molecule has 1 spiro atoms. The van der Waals surface area contributed by atoms with Crippen LogP contribution in [-0.4, -0.2) is 0 Å². The van der Waals surface area contributed by atoms with Gasteiger partial charge in [-0.15, -0.1) is 0 Å². The predicted octanol–water partition coefficient (Wildman–Crippen LogP) is 15.6. The van der Waals surface area contributed by atoms with Crippen LogP contribution in [0.25, 0.3) is 66.4 Å². The molecule has 10 aromatic rings. The van der Waals surface area contributed by atoms with Gasteiger partial charge in [-0.05, 0) is 149 Å². The van der Waals surface area contributed by atoms with Crippen molar-refractivity contribution >= 4 is 27.8 Å². The van der Waals surface area contributed by atoms with E-state index in [4.69, 9.17) is 0 Å². The molecule has 0 aromatic heterocycles. The van der Waals surface area contributed by atoms with Gasteiger partial charge in [0.15, 0.2) is 0 Å². The van der Waals surface area contributed by atoms with Gasteiger partial charge in [0, 0.05) is 17.1 Å². The Balaban J connectivity index is 0.990. The molecule has 284 valence electrons. The lowest BCUT2D eigenvalue weighted by Gasteiger charge is -2.32. The number of rotatable bonds is 5. The lowest BCUT2D eigenvalue weighted by atomic mass is 9.70. The fourth-order valence-electron chi connectivity index (χ4n) is 11.1. The average Bonchev–Trinajstić information content (AvgIpc) is 3.96. The quantitative estimate of drug-likeness (QED) is 0.168. The summed E-state index contributed by atoms with van der Waals surface area (Å²) in [6.07, 6.45) is 0.965. The predicted molar refractivity (Wildman–Crippen MR) is 254 cm³/mol. The van der Waals surface area contributed by atoms with Crippen LogP contribution in [-0.2, 0) is 11.8 Å². The van der Waals surface area contributed by atoms with E-state index in [9.17, 15) is 0 Å². The molecule has 0 heterocycles. The molecule has 0 N–H and O–H groups in total. The molecule has 13 rings (SSSR count). The summed E-state index contributed by atoms with van der Waals surface area (Å²) in [5.41, 5.74) is 24.1. The van der Waals surface area contributed by atoms with E-state index in [0.717, 1.165) is 23.5 Å². The fraction of sp³-hybridized carbons (Fsp3) is 0.0333. The molecular formula is C60H39N. The van der Waals surface area contributed by atoms with Crippen molar-refractivity contribution < 1.29 is 0 Å². The Kier molecular flexibility index (Phi) is 7.35. The van der Waals surface area contributed by atoms with Crippen LogP contribution in [0.4, 0.5) is 17.1 Å². The molecule has 3 aliphatic rings. The maximum atomic E-state index is 2.49. The maximum absolute atomic E-state index is 2.49. The normalized spacial score (nSPS) is 13.3. The number of anilines is 3. The van der Waals surface area contributed by atoms with E-state index >= 15 is 0 Å². The highest BCUT2D eigenvalue weighted by Crippen LogP contribution is 2.63. The fourth-order valence-corrected chi connectivity index (χ4v) is 11.1. The van der Waals surface area contributed by atoms with Gasteiger partial charge in [0.1, 0.15) is 0 Å². The zero-order chi connectivity index (χ0) is 40.1. The molecule has 10 aromatic carbocycles. The third kappa shape index (κ3) is 4.89. The molecule has 0 atom stereocenters. The Bertz CT molecular complexity index is 3310. The first-order valence-corrected chi connectivity index (χ1v) is 21.4. The van der Waals surface area contributed by atoms with E-state index in [-0.39, 0.29) is 0 Å². The number of benzene rings is 10. The van der Waals surface area contributed by atoms with Gasteiger partial charge in [-0.2, -0.15) is 0 Å². The minimum atomic E-state index is -0.421. The zero-order valence-electron chi connectivity index (χ0n) is 33.5. The van der Waals surface area contributed by atoms with E-state index in [1.165, 1.54) is 99.8 Å². The molecule has 0 saturated carbocycles. The van der Waals surface area contributed by atoms with Crippen molar-refractivity contribution in [3.8, 4) is 55.6 Å². The summed E-state index contributed by atoms with van der Waals surface area (Å²) >= 11 is 0. The summed E-state index contributed by atoms with van der Waals surface area (Å²) in [4.78, 5) is 2.44. The van der Waals surface area contributed by atoms with Crippen molar-refractivity contribution in [2.24, 2.45) is 0 Å². The van der Waals surface area contributed by atoms with Crippen molar-refractivity contribution in [2.45, 2.75) is 11.8 Å². The standard InChI is InChI=1S/C60H39N/c1-2-14-39(15-3-1)40-26-30-44(31-27-40)61(45-32-28-41(29-33-45)54-37-43-36-42-16-4-5-17-47(42)59(43)53-22-7-6-18-48(53)54)46-34-35-52-51-21-10-13-25-57(51)60(58(52)38-46)55-23-11-8-19-49(55)50-20-9-12-24-56(50)60/h1-35,37-38H,36H2. The lowest BCUT2D eigenvalue weighted by Crippen LogP contribution is -2.26. The molecule has 1 nitrogen and oxygen atoms in total. The van der Waals surface area contributed by atoms with E-state index in [1.807, 2.05) is 0 Å². The van der Waals surface area contributed by atoms with E-state index in [1.54, 1.807) is 0 Å². The van der Waals surface area contributed by atoms with Gasteiger partial charge >= 0.3 is 0 Å². The Morgan fingerprint density at radius 3 is 1.41 bits per heavy atom. The van der Waals surface area contributed by atoms with Crippen molar-refractivity contribution in [1.82, 2.24) is 0 Å². The van der Waals surface area contributed by atoms with Crippen molar-refractivity contribution in [2.75, 3.05) is 4.90 Å². The highest BCUT2D eigenvalue weighted by atomic mass is 15.1. The molecule has 0 unspecified atom stereocenters. The summed E-state index contributed by atoms with van der Waals surface area (Å²) in [7, 11) is 0. The monoisotopic (exact) mass is 773 g/mol. The second-order valence-electron chi connectivity index (χ2n) is 16.7. The van der Waals surface area contributed by atoms with Crippen LogP contribution >= 0.6 is 0 Å². The van der Waals surface area contributed by atoms with Crippen molar-refractivity contribution in [3.05, 3.63) is 258 Å². The third-order valence-corrected chi connectivity index (χ3v) is 13.7. The largest absolute Gasteiger partial charge is 0.310 e. The summed E-state index contributed by atoms with van der Waals surface area (Å²) in [5, 5.41) is 2.62. The second kappa shape index (κ2) is 13.1. The Morgan fingerprint density at radius 2 is 0.770 bits per heavy atom. The van der Waals surface area contributed by atoms with Crippen LogP contribution in [0.2, 0.25) is 0 Å². The van der Waals surface area contributed by atoms with Crippen molar-refractivity contribution in [1.29, 1.82) is 0 Å². The third-order valence-electron chi connectivity index (χ3n) is 13.7. The Hall–Kier alpha value is -7.74. The first kappa shape index (κ1) is 34.2. The van der Waals surface area contributed by atoms with E-state index in [2.05, 4.69) is 229 Å². The minimum absolute atomic E-state index is 0.421. The van der Waals surface area contributed by atoms with Gasteiger partial charge in [0.25, 0.3) is 0 Å². The summed E-state index contributed by atoms with van der Waals surface area (Å²) in [5.74, 6) is 0. The van der Waals surface area contributed by atoms with Gasteiger partial charge in [0.05, 0.1) is 5.41 Å². The molecule has 0 bridgehead atoms. The molecular weight excluding hydrogens is 735 g/mol. The minimum Gasteiger partial charge on any atom is -0.310 e. The van der Waals surface area contributed by atoms with E-state index < -0.39 is 5.41 Å². The summed E-state index contributed by atoms with van der Waals surface area (Å²) < 4.78 is 0. The SMILES string of the molecule is c1ccc(-c2ccc(N(c3ccc(-c4cc5c(c6ccccc46)-c4ccccc4C5)cc3)c3ccc4c(c3)C3(c5ccccc5-c5ccccc53)c3ccccc3-4)cc2)cc1. The zero-order valence-corrected chi connectivity index (χ0v) is 33.5. The molecule has 0 radical (unpaired) electrons. The maximum Gasteiger partial charge on any atom is 0.0726 e. The number of hydrogen-bond acceptors (Lipinski definition) is 1. The van der Waals surface area contributed by atoms with Gasteiger partial charge in [0.2, 0.25) is 0 Å². The second-order valence-corrected chi connectivity index (χ2v) is 16.7. The molecule has 61 heavy (non-hydrogen) atoms. The van der Waals surface area contributed by atoms with Crippen LogP contribution < -0.4 is 4.90 Å². The van der Waals surface area contributed by atoms with Crippen LogP contribution in [0, 0.1) is 0 Å². The Morgan fingerprint density at radius 1 is 0.295 bits per heavy atom. The number of hydrogen-bond donors (Lipinski definition) is 0. The highest BCUT2D eigenvalue weighted by molar-refractivity contribution is 6.08. The first-order chi connectivity index (χ1) is 30.3. The van der Waals surface area contributed by atoms with Crippen molar-refractivity contribution in [3.63, 3.8) is 0 Å². The van der Waals surface area contributed by atoms with Crippen LogP contribution in [0.15, 0.2) is 224 Å². The lowest BCUT2D eigenvalue weighted by molar-refractivity contribution is 0.793. The smallest absolute Gasteiger partial charge is 0.0726 e. The molecule has 3 aliphatic carbocycles. The van der Waals surface area contributed by atoms with Gasteiger partial charge in [-0.25, -0.2) is 0 Å². The molecule has 1 heteroatoms. The molecule has 0 amide bonds. The van der Waals surface area contributed by atoms with Crippen LogP contribution in [0.5, 0.6) is 0 Å². The Labute approximate surface area is 356 Å². The molecule has 0 aliphatic heterocycles. The number of nitrogens with zero attached hydrogens (tertiary/aromatic N) is 1. The average molecular weight is 774 g/mol. The van der Waals surface area contributed by atoms with E-state index in [0.29, 0.717) is 0 Å².